The first kappa shape index (κ1) is 15.3. The average Bonchev–Trinajstić information content (AvgIpc) is 2.44. The van der Waals surface area contributed by atoms with Crippen LogP contribution in [0.4, 0.5) is 17.6 Å². The molecule has 21 heavy (non-hydrogen) atoms. The van der Waals surface area contributed by atoms with E-state index in [-0.39, 0.29) is 6.42 Å². The van der Waals surface area contributed by atoms with E-state index in [1.54, 1.807) is 18.2 Å². The molecular weight excluding hydrogens is 294 g/mol. The zero-order valence-corrected chi connectivity index (χ0v) is 10.6. The third kappa shape index (κ3) is 2.70. The molecule has 0 aliphatic carbocycles. The van der Waals surface area contributed by atoms with Gasteiger partial charge in [-0.25, -0.2) is 13.6 Å². The first-order chi connectivity index (χ1) is 9.75. The fourth-order valence-corrected chi connectivity index (χ4v) is 2.24. The highest BCUT2D eigenvalue weighted by Gasteiger charge is 2.53. The van der Waals surface area contributed by atoms with Gasteiger partial charge in [-0.1, -0.05) is 24.3 Å². The van der Waals surface area contributed by atoms with Crippen LogP contribution in [0.25, 0.3) is 0 Å². The van der Waals surface area contributed by atoms with Gasteiger partial charge in [0, 0.05) is 13.0 Å². The van der Waals surface area contributed by atoms with Gasteiger partial charge < -0.3 is 10.0 Å². The summed E-state index contributed by atoms with van der Waals surface area (Å²) in [5.41, 5.74) is 1.06. The summed E-state index contributed by atoms with van der Waals surface area (Å²) in [6, 6.07) is 4.79. The lowest BCUT2D eigenvalue weighted by atomic mass is 9.93. The highest BCUT2D eigenvalue weighted by Crippen LogP contribution is 2.31. The van der Waals surface area contributed by atoms with E-state index in [1.165, 1.54) is 6.07 Å². The van der Waals surface area contributed by atoms with Gasteiger partial charge in [0.1, 0.15) is 6.04 Å². The number of fused-ring (bicyclic) bond motifs is 1. The van der Waals surface area contributed by atoms with E-state index in [9.17, 15) is 27.2 Å². The number of amides is 1. The Morgan fingerprint density at radius 2 is 1.81 bits per heavy atom. The second-order valence-corrected chi connectivity index (χ2v) is 4.68. The fourth-order valence-electron chi connectivity index (χ4n) is 2.24. The minimum Gasteiger partial charge on any atom is -0.480 e. The molecule has 0 radical (unpaired) electrons. The molecule has 114 valence electrons. The van der Waals surface area contributed by atoms with Gasteiger partial charge in [-0.05, 0) is 11.1 Å². The van der Waals surface area contributed by atoms with Crippen LogP contribution in [-0.4, -0.2) is 40.3 Å². The van der Waals surface area contributed by atoms with Gasteiger partial charge in [-0.15, -0.1) is 0 Å². The highest BCUT2D eigenvalue weighted by molar-refractivity contribution is 5.89. The monoisotopic (exact) mass is 305 g/mol. The lowest BCUT2D eigenvalue weighted by Crippen LogP contribution is -2.55. The smallest absolute Gasteiger partial charge is 0.383 e. The molecule has 0 spiro atoms. The number of hydrogen-bond acceptors (Lipinski definition) is 2. The minimum atomic E-state index is -4.90. The Morgan fingerprint density at radius 3 is 2.33 bits per heavy atom. The number of carbonyl (C=O) groups excluding carboxylic acids is 1. The Hall–Kier alpha value is -2.12. The zero-order chi connectivity index (χ0) is 15.8. The maximum absolute atomic E-state index is 13.2. The topological polar surface area (TPSA) is 57.6 Å². The normalized spacial score (nSPS) is 18.5. The van der Waals surface area contributed by atoms with Crippen molar-refractivity contribution in [2.45, 2.75) is 31.4 Å². The lowest BCUT2D eigenvalue weighted by Gasteiger charge is -2.36. The first-order valence-electron chi connectivity index (χ1n) is 6.01. The number of benzene rings is 1. The Kier molecular flexibility index (Phi) is 3.89. The summed E-state index contributed by atoms with van der Waals surface area (Å²) in [6.45, 7) is -0.436. The molecule has 0 aromatic heterocycles. The SMILES string of the molecule is O=C(O)[C@@H]1Cc2ccccc2CN1C(=O)C(F)(F)C(F)F. The molecule has 1 N–H and O–H groups in total. The van der Waals surface area contributed by atoms with Crippen LogP contribution in [0.5, 0.6) is 0 Å². The Balaban J connectivity index is 2.37. The summed E-state index contributed by atoms with van der Waals surface area (Å²) < 4.78 is 51.0. The minimum absolute atomic E-state index is 0.198. The number of carboxylic acids is 1. The predicted molar refractivity (Wildman–Crippen MR) is 63.1 cm³/mol. The molecule has 1 amide bonds. The van der Waals surface area contributed by atoms with Crippen LogP contribution >= 0.6 is 0 Å². The van der Waals surface area contributed by atoms with Crippen LogP contribution in [0.3, 0.4) is 0 Å². The zero-order valence-electron chi connectivity index (χ0n) is 10.6. The third-order valence-corrected chi connectivity index (χ3v) is 3.35. The van der Waals surface area contributed by atoms with E-state index in [0.29, 0.717) is 16.0 Å². The number of nitrogens with zero attached hydrogens (tertiary/aromatic N) is 1. The second-order valence-electron chi connectivity index (χ2n) is 4.68. The van der Waals surface area contributed by atoms with Crippen LogP contribution in [-0.2, 0) is 22.6 Å². The molecule has 1 aliphatic rings. The number of carboxylic acid groups (broad SMARTS) is 1. The van der Waals surface area contributed by atoms with Gasteiger partial charge in [-0.3, -0.25) is 4.79 Å². The summed E-state index contributed by atoms with van der Waals surface area (Å²) in [6.07, 6.45) is -4.38. The largest absolute Gasteiger partial charge is 0.480 e. The van der Waals surface area contributed by atoms with Crippen molar-refractivity contribution in [1.29, 1.82) is 0 Å². The number of hydrogen-bond donors (Lipinski definition) is 1. The van der Waals surface area contributed by atoms with Crippen LogP contribution in [0.1, 0.15) is 11.1 Å². The highest BCUT2D eigenvalue weighted by atomic mass is 19.3. The van der Waals surface area contributed by atoms with Crippen molar-refractivity contribution in [1.82, 2.24) is 4.90 Å². The van der Waals surface area contributed by atoms with E-state index in [0.717, 1.165) is 0 Å². The van der Waals surface area contributed by atoms with Gasteiger partial charge in [0.2, 0.25) is 0 Å². The molecule has 1 aliphatic heterocycles. The number of rotatable bonds is 3. The van der Waals surface area contributed by atoms with Crippen molar-refractivity contribution in [3.8, 4) is 0 Å². The number of aliphatic carboxylic acids is 1. The van der Waals surface area contributed by atoms with Crippen molar-refractivity contribution in [2.75, 3.05) is 0 Å². The fraction of sp³-hybridized carbons (Fsp3) is 0.385. The van der Waals surface area contributed by atoms with Crippen molar-refractivity contribution in [3.05, 3.63) is 35.4 Å². The van der Waals surface area contributed by atoms with Crippen molar-refractivity contribution in [3.63, 3.8) is 0 Å². The van der Waals surface area contributed by atoms with Gasteiger partial charge in [0.25, 0.3) is 5.91 Å². The van der Waals surface area contributed by atoms with Gasteiger partial charge in [-0.2, -0.15) is 8.78 Å². The van der Waals surface area contributed by atoms with Gasteiger partial charge >= 0.3 is 18.3 Å². The van der Waals surface area contributed by atoms with Crippen LogP contribution in [0, 0.1) is 0 Å². The van der Waals surface area contributed by atoms with Gasteiger partial charge in [0.05, 0.1) is 0 Å². The molecule has 2 rings (SSSR count). The van der Waals surface area contributed by atoms with Crippen LogP contribution in [0.2, 0.25) is 0 Å². The van der Waals surface area contributed by atoms with Crippen molar-refractivity contribution in [2.24, 2.45) is 0 Å². The number of alkyl halides is 4. The van der Waals surface area contributed by atoms with Crippen molar-refractivity contribution >= 4 is 11.9 Å². The Labute approximate surface area is 117 Å². The lowest BCUT2D eigenvalue weighted by molar-refractivity contribution is -0.186. The van der Waals surface area contributed by atoms with E-state index < -0.39 is 36.8 Å². The molecule has 1 atom stereocenters. The summed E-state index contributed by atoms with van der Waals surface area (Å²) in [5, 5.41) is 9.06. The standard InChI is InChI=1S/C13H11F4NO3/c14-11(15)13(16,17)12(21)18-6-8-4-2-1-3-7(8)5-9(18)10(19)20/h1-4,9,11H,5-6H2,(H,19,20)/t9-/m0/s1. The second kappa shape index (κ2) is 5.34. The maximum atomic E-state index is 13.2. The van der Waals surface area contributed by atoms with Crippen molar-refractivity contribution < 1.29 is 32.3 Å². The third-order valence-electron chi connectivity index (χ3n) is 3.35. The summed E-state index contributed by atoms with van der Waals surface area (Å²) in [4.78, 5) is 23.1. The molecule has 1 aromatic rings. The molecule has 0 unspecified atom stereocenters. The molecule has 1 heterocycles. The molecular formula is C13H11F4NO3. The summed E-state index contributed by atoms with van der Waals surface area (Å²) in [7, 11) is 0. The van der Waals surface area contributed by atoms with E-state index in [1.807, 2.05) is 0 Å². The molecule has 1 aromatic carbocycles. The first-order valence-corrected chi connectivity index (χ1v) is 6.01. The molecule has 0 saturated carbocycles. The molecule has 4 nitrogen and oxygen atoms in total. The Morgan fingerprint density at radius 1 is 1.24 bits per heavy atom. The van der Waals surface area contributed by atoms with E-state index in [2.05, 4.69) is 0 Å². The van der Waals surface area contributed by atoms with Gasteiger partial charge in [0.15, 0.2) is 0 Å². The van der Waals surface area contributed by atoms with E-state index >= 15 is 0 Å². The molecule has 0 bridgehead atoms. The quantitative estimate of drug-likeness (QED) is 0.868. The molecule has 8 heteroatoms. The summed E-state index contributed by atoms with van der Waals surface area (Å²) in [5.74, 6) is -8.58. The Bertz CT molecular complexity index is 576. The van der Waals surface area contributed by atoms with Crippen LogP contribution in [0.15, 0.2) is 24.3 Å². The molecule has 0 saturated heterocycles. The number of halogens is 4. The maximum Gasteiger partial charge on any atom is 0.383 e. The van der Waals surface area contributed by atoms with E-state index in [4.69, 9.17) is 5.11 Å². The average molecular weight is 305 g/mol. The summed E-state index contributed by atoms with van der Waals surface area (Å²) >= 11 is 0. The number of carbonyl (C=O) groups is 2. The predicted octanol–water partition coefficient (Wildman–Crippen LogP) is 1.92. The van der Waals surface area contributed by atoms with Crippen LogP contribution < -0.4 is 0 Å². The molecule has 0 fully saturated rings.